The number of halogens is 1. The highest BCUT2D eigenvalue weighted by Gasteiger charge is 2.27. The third-order valence-corrected chi connectivity index (χ3v) is 6.91. The van der Waals surface area contributed by atoms with Gasteiger partial charge >= 0.3 is 0 Å². The Morgan fingerprint density at radius 2 is 1.79 bits per heavy atom. The number of amides is 1. The highest BCUT2D eigenvalue weighted by atomic mass is 35.5. The number of anilines is 1. The van der Waals surface area contributed by atoms with Gasteiger partial charge in [0.2, 0.25) is 10.0 Å². The molecule has 9 heteroatoms. The topological polar surface area (TPSA) is 79.0 Å². The molecule has 0 aliphatic carbocycles. The lowest BCUT2D eigenvalue weighted by Crippen LogP contribution is -2.50. The summed E-state index contributed by atoms with van der Waals surface area (Å²) in [5.74, 6) is 0.309. The number of sulfonamides is 1. The van der Waals surface area contributed by atoms with Gasteiger partial charge in [0.05, 0.1) is 12.9 Å². The molecule has 0 saturated carbocycles. The zero-order valence-corrected chi connectivity index (χ0v) is 17.7. The second-order valence-electron chi connectivity index (χ2n) is 6.67. The summed E-state index contributed by atoms with van der Waals surface area (Å²) in [7, 11) is -1.82. The van der Waals surface area contributed by atoms with Crippen molar-refractivity contribution in [2.75, 3.05) is 50.5 Å². The van der Waals surface area contributed by atoms with Crippen molar-refractivity contribution in [3.63, 3.8) is 0 Å². The number of nitrogens with zero attached hydrogens (tertiary/aromatic N) is 2. The van der Waals surface area contributed by atoms with E-state index in [0.717, 1.165) is 11.4 Å². The number of benzene rings is 2. The van der Waals surface area contributed by atoms with E-state index in [1.807, 2.05) is 24.3 Å². The first-order valence-corrected chi connectivity index (χ1v) is 11.3. The van der Waals surface area contributed by atoms with Crippen molar-refractivity contribution in [2.24, 2.45) is 0 Å². The maximum atomic E-state index is 12.6. The van der Waals surface area contributed by atoms with Crippen molar-refractivity contribution in [1.29, 1.82) is 0 Å². The maximum absolute atomic E-state index is 12.6. The molecule has 0 atom stereocenters. The van der Waals surface area contributed by atoms with Crippen LogP contribution in [0.4, 0.5) is 5.69 Å². The second-order valence-corrected chi connectivity index (χ2v) is 9.19. The van der Waals surface area contributed by atoms with Gasteiger partial charge in [0.25, 0.3) is 5.91 Å². The van der Waals surface area contributed by atoms with Crippen LogP contribution in [0.25, 0.3) is 0 Å². The van der Waals surface area contributed by atoms with E-state index in [4.69, 9.17) is 16.3 Å². The van der Waals surface area contributed by atoms with Crippen molar-refractivity contribution in [3.05, 3.63) is 59.1 Å². The molecule has 0 spiro atoms. The van der Waals surface area contributed by atoms with Crippen molar-refractivity contribution < 1.29 is 17.9 Å². The average molecular weight is 438 g/mol. The van der Waals surface area contributed by atoms with Crippen molar-refractivity contribution >= 4 is 33.2 Å². The van der Waals surface area contributed by atoms with Gasteiger partial charge < -0.3 is 15.0 Å². The van der Waals surface area contributed by atoms with Crippen molar-refractivity contribution in [1.82, 2.24) is 9.62 Å². The average Bonchev–Trinajstić information content (AvgIpc) is 2.74. The van der Waals surface area contributed by atoms with Gasteiger partial charge in [-0.25, -0.2) is 8.42 Å². The van der Waals surface area contributed by atoms with Gasteiger partial charge in [0.1, 0.15) is 5.75 Å². The molecule has 156 valence electrons. The zero-order valence-electron chi connectivity index (χ0n) is 16.2. The van der Waals surface area contributed by atoms with E-state index >= 15 is 0 Å². The van der Waals surface area contributed by atoms with Gasteiger partial charge in [-0.05, 0) is 42.5 Å². The summed E-state index contributed by atoms with van der Waals surface area (Å²) in [5, 5.41) is 3.10. The summed E-state index contributed by atoms with van der Waals surface area (Å²) in [6, 6.07) is 14.2. The van der Waals surface area contributed by atoms with E-state index in [9.17, 15) is 13.2 Å². The maximum Gasteiger partial charge on any atom is 0.251 e. The highest BCUT2D eigenvalue weighted by Crippen LogP contribution is 2.21. The van der Waals surface area contributed by atoms with Crippen LogP contribution in [0.3, 0.4) is 0 Å². The Balaban J connectivity index is 1.48. The van der Waals surface area contributed by atoms with Crippen LogP contribution in [-0.4, -0.2) is 64.2 Å². The van der Waals surface area contributed by atoms with E-state index < -0.39 is 10.0 Å². The molecule has 1 saturated heterocycles. The van der Waals surface area contributed by atoms with Gasteiger partial charge in [-0.15, -0.1) is 0 Å². The molecule has 0 aromatic heterocycles. The van der Waals surface area contributed by atoms with Crippen LogP contribution in [0.2, 0.25) is 5.02 Å². The Hall–Kier alpha value is -2.29. The monoisotopic (exact) mass is 437 g/mol. The third-order valence-electron chi connectivity index (χ3n) is 4.80. The second kappa shape index (κ2) is 9.47. The molecule has 2 aromatic rings. The number of hydrogen-bond acceptors (Lipinski definition) is 5. The van der Waals surface area contributed by atoms with Gasteiger partial charge in [-0.3, -0.25) is 4.79 Å². The lowest BCUT2D eigenvalue weighted by Gasteiger charge is -2.35. The molecule has 29 heavy (non-hydrogen) atoms. The number of carbonyl (C=O) groups excluding carboxylic acids is 1. The smallest absolute Gasteiger partial charge is 0.251 e. The number of carbonyl (C=O) groups is 1. The molecule has 2 aromatic carbocycles. The molecule has 0 radical (unpaired) electrons. The van der Waals surface area contributed by atoms with Gasteiger partial charge in [0, 0.05) is 49.0 Å². The first kappa shape index (κ1) is 21.4. The molecule has 0 bridgehead atoms. The lowest BCUT2D eigenvalue weighted by atomic mass is 10.2. The normalized spacial score (nSPS) is 15.2. The number of rotatable bonds is 7. The van der Waals surface area contributed by atoms with Crippen LogP contribution in [0, 0.1) is 0 Å². The summed E-state index contributed by atoms with van der Waals surface area (Å²) in [5.41, 5.74) is 1.44. The number of nitrogens with one attached hydrogen (secondary N) is 1. The van der Waals surface area contributed by atoms with E-state index in [1.165, 1.54) is 4.31 Å². The zero-order chi connectivity index (χ0) is 20.9. The predicted octanol–water partition coefficient (Wildman–Crippen LogP) is 2.23. The molecule has 1 heterocycles. The Morgan fingerprint density at radius 3 is 2.41 bits per heavy atom. The van der Waals surface area contributed by atoms with Gasteiger partial charge in [-0.1, -0.05) is 17.7 Å². The molecule has 1 N–H and O–H groups in total. The number of ether oxygens (including phenoxy) is 1. The summed E-state index contributed by atoms with van der Waals surface area (Å²) >= 11 is 5.88. The van der Waals surface area contributed by atoms with Gasteiger partial charge in [-0.2, -0.15) is 4.31 Å². The van der Waals surface area contributed by atoms with Crippen molar-refractivity contribution in [3.8, 4) is 5.75 Å². The minimum Gasteiger partial charge on any atom is -0.497 e. The van der Waals surface area contributed by atoms with Crippen molar-refractivity contribution in [2.45, 2.75) is 0 Å². The molecular formula is C20H24ClN3O4S. The summed E-state index contributed by atoms with van der Waals surface area (Å²) in [4.78, 5) is 14.3. The summed E-state index contributed by atoms with van der Waals surface area (Å²) in [6.45, 7) is 2.10. The molecule has 3 rings (SSSR count). The third kappa shape index (κ3) is 5.62. The summed E-state index contributed by atoms with van der Waals surface area (Å²) in [6.07, 6.45) is 0. The quantitative estimate of drug-likeness (QED) is 0.718. The molecule has 0 unspecified atom stereocenters. The summed E-state index contributed by atoms with van der Waals surface area (Å²) < 4.78 is 31.9. The molecule has 1 amide bonds. The van der Waals surface area contributed by atoms with Crippen LogP contribution < -0.4 is 15.0 Å². The molecule has 1 fully saturated rings. The van der Waals surface area contributed by atoms with Crippen LogP contribution in [0.1, 0.15) is 10.4 Å². The molecular weight excluding hydrogens is 414 g/mol. The fourth-order valence-electron chi connectivity index (χ4n) is 3.17. The lowest BCUT2D eigenvalue weighted by molar-refractivity contribution is 0.0956. The fraction of sp³-hybridized carbons (Fsp3) is 0.350. The Morgan fingerprint density at radius 1 is 1.10 bits per heavy atom. The number of methoxy groups -OCH3 is 1. The fourth-order valence-corrected chi connectivity index (χ4v) is 4.70. The number of hydrogen-bond donors (Lipinski definition) is 1. The minimum absolute atomic E-state index is 0.0480. The highest BCUT2D eigenvalue weighted by molar-refractivity contribution is 7.89. The standard InChI is InChI=1S/C20H24ClN3O4S/c1-28-19-7-5-18(6-8-19)23-10-12-24(13-11-23)29(26,27)14-9-22-20(25)16-3-2-4-17(21)15-16/h2-8,15H,9-14H2,1H3,(H,22,25). The first-order chi connectivity index (χ1) is 13.9. The van der Waals surface area contributed by atoms with Crippen LogP contribution in [0.5, 0.6) is 5.75 Å². The predicted molar refractivity (Wildman–Crippen MR) is 114 cm³/mol. The Labute approximate surface area is 176 Å². The molecule has 7 nitrogen and oxygen atoms in total. The SMILES string of the molecule is COc1ccc(N2CCN(S(=O)(=O)CCNC(=O)c3cccc(Cl)c3)CC2)cc1. The van der Waals surface area contributed by atoms with E-state index in [-0.39, 0.29) is 18.2 Å². The Bertz CT molecular complexity index is 942. The van der Waals surface area contributed by atoms with Crippen LogP contribution in [0.15, 0.2) is 48.5 Å². The minimum atomic E-state index is -3.44. The van der Waals surface area contributed by atoms with Crippen LogP contribution >= 0.6 is 11.6 Å². The van der Waals surface area contributed by atoms with E-state index in [1.54, 1.807) is 31.4 Å². The number of piperazine rings is 1. The van der Waals surface area contributed by atoms with Crippen LogP contribution in [-0.2, 0) is 10.0 Å². The first-order valence-electron chi connectivity index (χ1n) is 9.29. The Kier molecular flexibility index (Phi) is 7.00. The van der Waals surface area contributed by atoms with E-state index in [0.29, 0.717) is 36.8 Å². The molecule has 1 aliphatic heterocycles. The molecule has 1 aliphatic rings. The van der Waals surface area contributed by atoms with Gasteiger partial charge in [0.15, 0.2) is 0 Å². The largest absolute Gasteiger partial charge is 0.497 e. The van der Waals surface area contributed by atoms with E-state index in [2.05, 4.69) is 10.2 Å².